The molecule has 1 amide bonds. The predicted molar refractivity (Wildman–Crippen MR) is 23.7 cm³/mol. The lowest BCUT2D eigenvalue weighted by atomic mass is 11.3. The van der Waals surface area contributed by atoms with Crippen LogP contribution in [-0.2, 0) is 4.89 Å². The topological polar surface area (TPSA) is 72.6 Å². The van der Waals surface area contributed by atoms with Crippen molar-refractivity contribution in [1.82, 2.24) is 0 Å². The lowest BCUT2D eigenvalue weighted by molar-refractivity contribution is -0.174. The zero-order valence-electron chi connectivity index (χ0n) is 2.84. The quantitative estimate of drug-likeness (QED) is 0.332. The van der Waals surface area contributed by atoms with Crippen molar-refractivity contribution >= 4 is 19.6 Å². The van der Waals surface area contributed by atoms with Crippen LogP contribution >= 0.6 is 13.5 Å². The summed E-state index contributed by atoms with van der Waals surface area (Å²) in [4.78, 5) is 12.0. The Bertz CT molecular complexity index is 46.1. The molecule has 0 fully saturated rings. The first kappa shape index (κ1) is 9.13. The highest BCUT2D eigenvalue weighted by atomic mass is 32.1. The predicted octanol–water partition coefficient (Wildman–Crippen LogP) is -0.332. The molecule has 38 valence electrons. The van der Waals surface area contributed by atoms with E-state index in [1.807, 2.05) is 0 Å². The summed E-state index contributed by atoms with van der Waals surface area (Å²) in [6, 6.07) is 0. The van der Waals surface area contributed by atoms with E-state index in [0.29, 0.717) is 0 Å². The molecule has 0 saturated heterocycles. The number of carbonyl (C=O) groups excluding carboxylic acids is 1. The van der Waals surface area contributed by atoms with Crippen LogP contribution in [0, 0.1) is 0 Å². The summed E-state index contributed by atoms with van der Waals surface area (Å²) in [6.45, 7) is 0. The fourth-order valence-electron chi connectivity index (χ4n) is 0. The van der Waals surface area contributed by atoms with Crippen molar-refractivity contribution < 1.29 is 14.9 Å². The number of hydrogen-bond acceptors (Lipinski definition) is 3. The molecule has 0 aromatic rings. The Labute approximate surface area is 41.3 Å². The number of primary amides is 1. The molecule has 0 aliphatic carbocycles. The molecule has 0 aromatic heterocycles. The summed E-state index contributed by atoms with van der Waals surface area (Å²) < 4.78 is 0. The van der Waals surface area contributed by atoms with Gasteiger partial charge in [0.2, 0.25) is 0 Å². The average molecular weight is 111 g/mol. The first-order chi connectivity index (χ1) is 2.27. The summed E-state index contributed by atoms with van der Waals surface area (Å²) in [5.41, 5.74) is 4.18. The first-order valence-electron chi connectivity index (χ1n) is 0.879. The van der Waals surface area contributed by atoms with Crippen LogP contribution in [0.15, 0.2) is 0 Å². The van der Waals surface area contributed by atoms with E-state index < -0.39 is 6.09 Å². The largest absolute Gasteiger partial charge is 0.435 e. The molecule has 0 aliphatic rings. The molecule has 6 heavy (non-hydrogen) atoms. The molecular formula is CH5NO3S. The van der Waals surface area contributed by atoms with E-state index in [-0.39, 0.29) is 13.5 Å². The van der Waals surface area contributed by atoms with Crippen LogP contribution in [0.4, 0.5) is 4.79 Å². The monoisotopic (exact) mass is 111 g/mol. The van der Waals surface area contributed by atoms with Crippen LogP contribution < -0.4 is 5.73 Å². The Hall–Kier alpha value is -0.420. The molecule has 0 heterocycles. The lowest BCUT2D eigenvalue weighted by Crippen LogP contribution is -2.09. The van der Waals surface area contributed by atoms with Gasteiger partial charge in [0.1, 0.15) is 0 Å². The number of hydrogen-bond donors (Lipinski definition) is 2. The normalized spacial score (nSPS) is 5.50. The van der Waals surface area contributed by atoms with Gasteiger partial charge in [0, 0.05) is 0 Å². The molecule has 0 aliphatic heterocycles. The maximum absolute atomic E-state index is 9.12. The summed E-state index contributed by atoms with van der Waals surface area (Å²) in [5, 5.41) is 7.17. The van der Waals surface area contributed by atoms with Crippen LogP contribution in [0.1, 0.15) is 0 Å². The van der Waals surface area contributed by atoms with E-state index in [4.69, 9.17) is 10.1 Å². The van der Waals surface area contributed by atoms with Crippen LogP contribution in [0.3, 0.4) is 0 Å². The SMILES string of the molecule is NC(=O)OO.S. The van der Waals surface area contributed by atoms with Gasteiger partial charge in [-0.1, -0.05) is 0 Å². The summed E-state index contributed by atoms with van der Waals surface area (Å²) in [7, 11) is 0. The van der Waals surface area contributed by atoms with Crippen LogP contribution in [0.25, 0.3) is 0 Å². The van der Waals surface area contributed by atoms with E-state index in [9.17, 15) is 0 Å². The maximum atomic E-state index is 9.12. The minimum absolute atomic E-state index is 0. The van der Waals surface area contributed by atoms with Crippen molar-refractivity contribution in [2.75, 3.05) is 0 Å². The van der Waals surface area contributed by atoms with E-state index in [1.165, 1.54) is 0 Å². The third-order valence-corrected chi connectivity index (χ3v) is 0.0900. The van der Waals surface area contributed by atoms with E-state index in [2.05, 4.69) is 10.6 Å². The first-order valence-corrected chi connectivity index (χ1v) is 0.879. The van der Waals surface area contributed by atoms with Gasteiger partial charge < -0.3 is 5.73 Å². The van der Waals surface area contributed by atoms with Gasteiger partial charge in [0.15, 0.2) is 0 Å². The third kappa shape index (κ3) is 9.55. The van der Waals surface area contributed by atoms with E-state index >= 15 is 0 Å². The smallest absolute Gasteiger partial charge is 0.333 e. The van der Waals surface area contributed by atoms with Gasteiger partial charge in [-0.3, -0.25) is 4.89 Å². The van der Waals surface area contributed by atoms with Gasteiger partial charge in [-0.25, -0.2) is 4.79 Å². The minimum Gasteiger partial charge on any atom is -0.333 e. The zero-order chi connectivity index (χ0) is 4.28. The van der Waals surface area contributed by atoms with Crippen LogP contribution in [-0.4, -0.2) is 11.4 Å². The van der Waals surface area contributed by atoms with Crippen molar-refractivity contribution in [1.29, 1.82) is 0 Å². The minimum atomic E-state index is -1.19. The van der Waals surface area contributed by atoms with Gasteiger partial charge in [-0.2, -0.15) is 18.8 Å². The van der Waals surface area contributed by atoms with Crippen molar-refractivity contribution in [2.45, 2.75) is 0 Å². The van der Waals surface area contributed by atoms with Gasteiger partial charge in [0.05, 0.1) is 0 Å². The maximum Gasteiger partial charge on any atom is 0.435 e. The number of carbonyl (C=O) groups is 1. The Kier molecular flexibility index (Phi) is 6.97. The molecule has 0 unspecified atom stereocenters. The highest BCUT2D eigenvalue weighted by Crippen LogP contribution is 1.54. The highest BCUT2D eigenvalue weighted by Gasteiger charge is 1.79. The molecule has 0 atom stereocenters. The fourth-order valence-corrected chi connectivity index (χ4v) is 0. The molecular weight excluding hydrogens is 106 g/mol. The highest BCUT2D eigenvalue weighted by molar-refractivity contribution is 7.59. The molecule has 5 heteroatoms. The third-order valence-electron chi connectivity index (χ3n) is 0.0900. The Morgan fingerprint density at radius 2 is 2.00 bits per heavy atom. The van der Waals surface area contributed by atoms with Gasteiger partial charge in [0.25, 0.3) is 0 Å². The second-order valence-corrected chi connectivity index (χ2v) is 0.410. The number of nitrogens with two attached hydrogens (primary N) is 1. The van der Waals surface area contributed by atoms with Crippen molar-refractivity contribution in [3.63, 3.8) is 0 Å². The van der Waals surface area contributed by atoms with Gasteiger partial charge in [-0.15, -0.1) is 0 Å². The van der Waals surface area contributed by atoms with E-state index in [0.717, 1.165) is 0 Å². The lowest BCUT2D eigenvalue weighted by Gasteiger charge is -1.76. The molecule has 0 spiro atoms. The second-order valence-electron chi connectivity index (χ2n) is 0.410. The molecule has 0 bridgehead atoms. The van der Waals surface area contributed by atoms with Gasteiger partial charge in [-0.05, 0) is 0 Å². The van der Waals surface area contributed by atoms with Crippen molar-refractivity contribution in [3.05, 3.63) is 0 Å². The fraction of sp³-hybridized carbons (Fsp3) is 0. The number of rotatable bonds is 0. The van der Waals surface area contributed by atoms with Crippen LogP contribution in [0.2, 0.25) is 0 Å². The zero-order valence-corrected chi connectivity index (χ0v) is 3.84. The average Bonchev–Trinajstić information content (AvgIpc) is 1.38. The molecule has 0 rings (SSSR count). The Morgan fingerprint density at radius 1 is 1.83 bits per heavy atom. The summed E-state index contributed by atoms with van der Waals surface area (Å²) in [5.74, 6) is 0. The Morgan fingerprint density at radius 3 is 2.00 bits per heavy atom. The van der Waals surface area contributed by atoms with Crippen molar-refractivity contribution in [2.24, 2.45) is 5.73 Å². The van der Waals surface area contributed by atoms with Gasteiger partial charge >= 0.3 is 6.09 Å². The van der Waals surface area contributed by atoms with Crippen LogP contribution in [0.5, 0.6) is 0 Å². The molecule has 4 nitrogen and oxygen atoms in total. The van der Waals surface area contributed by atoms with E-state index in [1.54, 1.807) is 0 Å². The molecule has 0 aromatic carbocycles. The molecule has 3 N–H and O–H groups in total. The summed E-state index contributed by atoms with van der Waals surface area (Å²) >= 11 is 0. The molecule has 0 radical (unpaired) electrons. The second kappa shape index (κ2) is 4.58. The molecule has 0 saturated carbocycles. The standard InChI is InChI=1S/CH3NO3.H2S/c2-1(3)5-4;/h4H,(H2,2,3);1H2. The summed E-state index contributed by atoms with van der Waals surface area (Å²) in [6.07, 6.45) is -1.19. The number of amides is 1. The van der Waals surface area contributed by atoms with Crippen molar-refractivity contribution in [3.8, 4) is 0 Å². The Balaban J connectivity index is 0.